The number of hydrogen-bond donors (Lipinski definition) is 0. The number of aromatic nitrogens is 2. The molecule has 5 heteroatoms. The van der Waals surface area contributed by atoms with Crippen molar-refractivity contribution in [2.45, 2.75) is 38.0 Å². The summed E-state index contributed by atoms with van der Waals surface area (Å²) in [7, 11) is 0. The topological polar surface area (TPSA) is 30.3 Å². The third-order valence-corrected chi connectivity index (χ3v) is 5.69. The molecule has 2 aromatic rings. The fraction of sp³-hybridized carbons (Fsp3) is 0.562. The van der Waals surface area contributed by atoms with Gasteiger partial charge in [0.05, 0.1) is 24.6 Å². The summed E-state index contributed by atoms with van der Waals surface area (Å²) in [5.41, 5.74) is 0.0707. The van der Waals surface area contributed by atoms with E-state index in [1.165, 1.54) is 9.75 Å². The van der Waals surface area contributed by atoms with Crippen LogP contribution in [0, 0.1) is 6.92 Å². The molecular formula is C16H21N3OS. The molecule has 0 saturated carbocycles. The van der Waals surface area contributed by atoms with E-state index in [1.807, 2.05) is 30.1 Å². The minimum Gasteiger partial charge on any atom is -0.371 e. The molecule has 4 nitrogen and oxygen atoms in total. The molecule has 2 aliphatic heterocycles. The van der Waals surface area contributed by atoms with Gasteiger partial charge in [0.2, 0.25) is 0 Å². The second-order valence-electron chi connectivity index (χ2n) is 6.33. The van der Waals surface area contributed by atoms with Crippen molar-refractivity contribution in [1.29, 1.82) is 0 Å². The van der Waals surface area contributed by atoms with Crippen LogP contribution < -0.4 is 0 Å². The third kappa shape index (κ3) is 2.65. The fourth-order valence-corrected chi connectivity index (χ4v) is 4.57. The number of rotatable bonds is 3. The van der Waals surface area contributed by atoms with Gasteiger partial charge >= 0.3 is 0 Å². The second kappa shape index (κ2) is 5.23. The van der Waals surface area contributed by atoms with E-state index in [1.54, 1.807) is 0 Å². The number of nitrogens with zero attached hydrogens (tertiary/aromatic N) is 3. The van der Waals surface area contributed by atoms with Crippen molar-refractivity contribution in [3.05, 3.63) is 40.6 Å². The minimum atomic E-state index is 0.0707. The molecule has 4 rings (SSSR count). The molecule has 2 aliphatic rings. The highest BCUT2D eigenvalue weighted by molar-refractivity contribution is 7.11. The average Bonchev–Trinajstić information content (AvgIpc) is 3.21. The molecule has 112 valence electrons. The van der Waals surface area contributed by atoms with E-state index in [2.05, 4.69) is 33.5 Å². The number of thiophene rings is 1. The summed E-state index contributed by atoms with van der Waals surface area (Å²) in [4.78, 5) is 9.56. The Balaban J connectivity index is 1.40. The van der Waals surface area contributed by atoms with Gasteiger partial charge in [-0.05, 0) is 25.5 Å². The summed E-state index contributed by atoms with van der Waals surface area (Å²) in [6.45, 7) is 6.28. The smallest absolute Gasteiger partial charge is 0.0949 e. The van der Waals surface area contributed by atoms with Crippen LogP contribution in [0.1, 0.15) is 28.6 Å². The molecule has 1 spiro atoms. The zero-order valence-corrected chi connectivity index (χ0v) is 13.2. The van der Waals surface area contributed by atoms with Crippen LogP contribution >= 0.6 is 11.3 Å². The monoisotopic (exact) mass is 303 g/mol. The van der Waals surface area contributed by atoms with Crippen LogP contribution in [0.15, 0.2) is 30.9 Å². The van der Waals surface area contributed by atoms with Gasteiger partial charge in [0.25, 0.3) is 0 Å². The molecule has 0 radical (unpaired) electrons. The van der Waals surface area contributed by atoms with E-state index in [0.29, 0.717) is 6.04 Å². The largest absolute Gasteiger partial charge is 0.371 e. The first kappa shape index (κ1) is 13.5. The van der Waals surface area contributed by atoms with Gasteiger partial charge in [-0.3, -0.25) is 4.90 Å². The van der Waals surface area contributed by atoms with Crippen molar-refractivity contribution in [1.82, 2.24) is 14.5 Å². The molecule has 0 bridgehead atoms. The highest BCUT2D eigenvalue weighted by Gasteiger charge is 2.45. The number of imidazole rings is 1. The second-order valence-corrected chi connectivity index (χ2v) is 7.71. The van der Waals surface area contributed by atoms with Crippen LogP contribution in [-0.2, 0) is 11.3 Å². The van der Waals surface area contributed by atoms with E-state index in [0.717, 1.165) is 39.1 Å². The maximum Gasteiger partial charge on any atom is 0.0949 e. The first-order valence-corrected chi connectivity index (χ1v) is 8.43. The predicted octanol–water partition coefficient (Wildman–Crippen LogP) is 2.86. The molecule has 0 amide bonds. The summed E-state index contributed by atoms with van der Waals surface area (Å²) >= 11 is 1.91. The van der Waals surface area contributed by atoms with Gasteiger partial charge in [-0.15, -0.1) is 11.3 Å². The number of likely N-dealkylation sites (tertiary alicyclic amines) is 1. The highest BCUT2D eigenvalue weighted by Crippen LogP contribution is 2.40. The first-order chi connectivity index (χ1) is 10.2. The number of ether oxygens (including phenoxy) is 1. The maximum atomic E-state index is 6.22. The Morgan fingerprint density at radius 2 is 2.43 bits per heavy atom. The van der Waals surface area contributed by atoms with Crippen LogP contribution in [0.2, 0.25) is 0 Å². The van der Waals surface area contributed by atoms with E-state index < -0.39 is 0 Å². The average molecular weight is 303 g/mol. The molecule has 2 saturated heterocycles. The lowest BCUT2D eigenvalue weighted by Gasteiger charge is -2.23. The van der Waals surface area contributed by atoms with Gasteiger partial charge in [0, 0.05) is 48.2 Å². The Hall–Kier alpha value is -1.17. The maximum absolute atomic E-state index is 6.22. The normalized spacial score (nSPS) is 29.7. The van der Waals surface area contributed by atoms with Crippen molar-refractivity contribution >= 4 is 11.3 Å². The van der Waals surface area contributed by atoms with Crippen LogP contribution in [0.25, 0.3) is 0 Å². The lowest BCUT2D eigenvalue weighted by molar-refractivity contribution is 0.0113. The Bertz CT molecular complexity index is 609. The molecule has 4 heterocycles. The zero-order chi connectivity index (χ0) is 14.3. The lowest BCUT2D eigenvalue weighted by Crippen LogP contribution is -2.32. The summed E-state index contributed by atoms with van der Waals surface area (Å²) in [5, 5.41) is 0. The minimum absolute atomic E-state index is 0.0707. The summed E-state index contributed by atoms with van der Waals surface area (Å²) in [6, 6.07) is 4.93. The summed E-state index contributed by atoms with van der Waals surface area (Å²) in [5.74, 6) is 0. The molecule has 0 unspecified atom stereocenters. The van der Waals surface area contributed by atoms with Crippen LogP contribution in [-0.4, -0.2) is 39.7 Å². The van der Waals surface area contributed by atoms with Crippen molar-refractivity contribution < 1.29 is 4.74 Å². The van der Waals surface area contributed by atoms with Gasteiger partial charge in [0.15, 0.2) is 0 Å². The van der Waals surface area contributed by atoms with Gasteiger partial charge in [-0.2, -0.15) is 0 Å². The quantitative estimate of drug-likeness (QED) is 0.873. The van der Waals surface area contributed by atoms with Gasteiger partial charge < -0.3 is 9.30 Å². The molecule has 2 atom stereocenters. The number of aryl methyl sites for hydroxylation is 1. The summed E-state index contributed by atoms with van der Waals surface area (Å²) < 4.78 is 8.42. The highest BCUT2D eigenvalue weighted by atomic mass is 32.1. The van der Waals surface area contributed by atoms with Crippen molar-refractivity contribution in [2.75, 3.05) is 19.7 Å². The first-order valence-electron chi connectivity index (χ1n) is 7.62. The molecule has 2 fully saturated rings. The van der Waals surface area contributed by atoms with Crippen LogP contribution in [0.3, 0.4) is 0 Å². The van der Waals surface area contributed by atoms with Crippen molar-refractivity contribution in [2.24, 2.45) is 0 Å². The van der Waals surface area contributed by atoms with Crippen LogP contribution in [0.4, 0.5) is 0 Å². The Labute approximate surface area is 129 Å². The van der Waals surface area contributed by atoms with Gasteiger partial charge in [-0.25, -0.2) is 4.98 Å². The molecule has 0 aliphatic carbocycles. The predicted molar refractivity (Wildman–Crippen MR) is 83.5 cm³/mol. The third-order valence-electron chi connectivity index (χ3n) is 4.71. The van der Waals surface area contributed by atoms with Crippen molar-refractivity contribution in [3.63, 3.8) is 0 Å². The molecule has 0 aromatic carbocycles. The Morgan fingerprint density at radius 1 is 1.48 bits per heavy atom. The number of hydrogen-bond acceptors (Lipinski definition) is 4. The van der Waals surface area contributed by atoms with E-state index in [4.69, 9.17) is 4.74 Å². The SMILES string of the molecule is Cc1ccc(CN2CC[C@@]3(C[C@H](n4ccnc4)CO3)C2)s1. The van der Waals surface area contributed by atoms with E-state index in [-0.39, 0.29) is 5.60 Å². The molecule has 0 N–H and O–H groups in total. The van der Waals surface area contributed by atoms with Crippen molar-refractivity contribution in [3.8, 4) is 0 Å². The Morgan fingerprint density at radius 3 is 3.19 bits per heavy atom. The molecular weight excluding hydrogens is 282 g/mol. The van der Waals surface area contributed by atoms with E-state index >= 15 is 0 Å². The Kier molecular flexibility index (Phi) is 3.36. The fourth-order valence-electron chi connectivity index (χ4n) is 3.63. The summed E-state index contributed by atoms with van der Waals surface area (Å²) in [6.07, 6.45) is 8.08. The van der Waals surface area contributed by atoms with E-state index in [9.17, 15) is 0 Å². The lowest BCUT2D eigenvalue weighted by atomic mass is 9.97. The van der Waals surface area contributed by atoms with Crippen LogP contribution in [0.5, 0.6) is 0 Å². The van der Waals surface area contributed by atoms with Gasteiger partial charge in [-0.1, -0.05) is 0 Å². The molecule has 21 heavy (non-hydrogen) atoms. The zero-order valence-electron chi connectivity index (χ0n) is 12.4. The standard InChI is InChI=1S/C16H21N3OS/c1-13-2-3-15(21-13)9-18-6-4-16(11-18)8-14(10-20-16)19-7-5-17-12-19/h2-3,5,7,12,14H,4,6,8-11H2,1H3/t14-,16+/m0/s1. The van der Waals surface area contributed by atoms with Gasteiger partial charge in [0.1, 0.15) is 0 Å². The molecule has 2 aromatic heterocycles.